The van der Waals surface area contributed by atoms with Crippen molar-refractivity contribution in [3.63, 3.8) is 0 Å². The number of rotatable bonds is 3. The maximum absolute atomic E-state index is 11.0. The van der Waals surface area contributed by atoms with Crippen LogP contribution in [0.4, 0.5) is 0 Å². The van der Waals surface area contributed by atoms with Crippen molar-refractivity contribution in [2.75, 3.05) is 0 Å². The van der Waals surface area contributed by atoms with Crippen molar-refractivity contribution >= 4 is 21.8 Å². The van der Waals surface area contributed by atoms with Gasteiger partial charge in [-0.05, 0) is 54.3 Å². The predicted molar refractivity (Wildman–Crippen MR) is 80.8 cm³/mol. The van der Waals surface area contributed by atoms with Gasteiger partial charge in [0.05, 0.1) is 0 Å². The fourth-order valence-electron chi connectivity index (χ4n) is 2.56. The normalized spacial score (nSPS) is 16.8. The third-order valence-corrected chi connectivity index (χ3v) is 4.32. The van der Waals surface area contributed by atoms with Gasteiger partial charge in [0, 0.05) is 10.0 Å². The Morgan fingerprint density at radius 3 is 2.65 bits per heavy atom. The van der Waals surface area contributed by atoms with Crippen LogP contribution in [0.15, 0.2) is 46.9 Å². The number of carbonyl (C=O) groups excluding carboxylic acids is 1. The molecule has 102 valence electrons. The van der Waals surface area contributed by atoms with Gasteiger partial charge in [-0.2, -0.15) is 0 Å². The van der Waals surface area contributed by atoms with Crippen LogP contribution in [0, 0.1) is 0 Å². The van der Waals surface area contributed by atoms with Crippen LogP contribution in [-0.4, -0.2) is 5.91 Å². The molecule has 3 rings (SSSR count). The van der Waals surface area contributed by atoms with Gasteiger partial charge >= 0.3 is 0 Å². The first-order chi connectivity index (χ1) is 9.65. The van der Waals surface area contributed by atoms with E-state index in [2.05, 4.69) is 28.1 Å². The summed E-state index contributed by atoms with van der Waals surface area (Å²) in [6.07, 6.45) is 2.05. The lowest BCUT2D eigenvalue weighted by molar-refractivity contribution is 0.1000. The van der Waals surface area contributed by atoms with Crippen molar-refractivity contribution in [3.05, 3.63) is 63.6 Å². The number of benzene rings is 2. The molecule has 0 heterocycles. The Bertz CT molecular complexity index is 652. The molecular formula is C16H14BrNO2. The molecule has 1 atom stereocenters. The highest BCUT2D eigenvalue weighted by atomic mass is 79.9. The van der Waals surface area contributed by atoms with Gasteiger partial charge in [0.25, 0.3) is 0 Å². The van der Waals surface area contributed by atoms with Gasteiger partial charge < -0.3 is 10.5 Å². The van der Waals surface area contributed by atoms with E-state index in [1.165, 1.54) is 11.1 Å². The van der Waals surface area contributed by atoms with Gasteiger partial charge in [-0.3, -0.25) is 4.79 Å². The molecular weight excluding hydrogens is 318 g/mol. The number of fused-ring (bicyclic) bond motifs is 1. The molecule has 20 heavy (non-hydrogen) atoms. The molecule has 1 amide bonds. The first kappa shape index (κ1) is 13.2. The van der Waals surface area contributed by atoms with Gasteiger partial charge in [0.2, 0.25) is 5.91 Å². The second-order valence-corrected chi connectivity index (χ2v) is 5.70. The van der Waals surface area contributed by atoms with Gasteiger partial charge in [-0.15, -0.1) is 0 Å². The van der Waals surface area contributed by atoms with E-state index in [1.807, 2.05) is 6.07 Å². The summed E-state index contributed by atoms with van der Waals surface area (Å²) in [5.41, 5.74) is 8.27. The largest absolute Gasteiger partial charge is 0.486 e. The van der Waals surface area contributed by atoms with Gasteiger partial charge in [-0.25, -0.2) is 0 Å². The van der Waals surface area contributed by atoms with E-state index in [-0.39, 0.29) is 6.10 Å². The molecule has 3 nitrogen and oxygen atoms in total. The van der Waals surface area contributed by atoms with Crippen LogP contribution in [0.1, 0.15) is 34.0 Å². The number of ether oxygens (including phenoxy) is 1. The predicted octanol–water partition coefficient (Wildman–Crippen LogP) is 3.61. The second kappa shape index (κ2) is 5.29. The van der Waals surface area contributed by atoms with Crippen molar-refractivity contribution < 1.29 is 9.53 Å². The topological polar surface area (TPSA) is 52.3 Å². The van der Waals surface area contributed by atoms with E-state index < -0.39 is 5.91 Å². The molecule has 1 aliphatic carbocycles. The summed E-state index contributed by atoms with van der Waals surface area (Å²) in [4.78, 5) is 11.0. The molecule has 0 spiro atoms. The van der Waals surface area contributed by atoms with Crippen molar-refractivity contribution in [2.45, 2.75) is 18.9 Å². The summed E-state index contributed by atoms with van der Waals surface area (Å²) in [5, 5.41) is 0. The minimum absolute atomic E-state index is 0.0712. The third kappa shape index (κ3) is 2.43. The highest BCUT2D eigenvalue weighted by Gasteiger charge is 2.25. The van der Waals surface area contributed by atoms with Gasteiger partial charge in [-0.1, -0.05) is 28.1 Å². The minimum atomic E-state index is -0.424. The number of halogens is 1. The molecule has 0 aromatic heterocycles. The Hall–Kier alpha value is -1.81. The monoisotopic (exact) mass is 331 g/mol. The molecule has 2 N–H and O–H groups in total. The first-order valence-electron chi connectivity index (χ1n) is 6.49. The van der Waals surface area contributed by atoms with Crippen molar-refractivity contribution in [2.24, 2.45) is 5.73 Å². The van der Waals surface area contributed by atoms with Crippen LogP contribution in [-0.2, 0) is 6.42 Å². The summed E-state index contributed by atoms with van der Waals surface area (Å²) in [6, 6.07) is 13.1. The molecule has 2 aromatic carbocycles. The summed E-state index contributed by atoms with van der Waals surface area (Å²) < 4.78 is 7.16. The van der Waals surface area contributed by atoms with E-state index in [0.29, 0.717) is 5.56 Å². The van der Waals surface area contributed by atoms with E-state index in [4.69, 9.17) is 10.5 Å². The molecule has 0 aliphatic heterocycles. The Morgan fingerprint density at radius 1 is 1.20 bits per heavy atom. The van der Waals surface area contributed by atoms with Crippen molar-refractivity contribution in [1.29, 1.82) is 0 Å². The number of primary amides is 1. The standard InChI is InChI=1S/C16H14BrNO2/c17-14-3-1-2-13-12(14)8-9-15(13)20-11-6-4-10(5-7-11)16(18)19/h1-7,15H,8-9H2,(H2,18,19)/t15-/m1/s1. The summed E-state index contributed by atoms with van der Waals surface area (Å²) in [6.45, 7) is 0. The lowest BCUT2D eigenvalue weighted by Crippen LogP contribution is -2.10. The Balaban J connectivity index is 1.80. The highest BCUT2D eigenvalue weighted by Crippen LogP contribution is 2.38. The zero-order chi connectivity index (χ0) is 14.1. The first-order valence-corrected chi connectivity index (χ1v) is 7.28. The third-order valence-electron chi connectivity index (χ3n) is 3.58. The average Bonchev–Trinajstić information content (AvgIpc) is 2.84. The highest BCUT2D eigenvalue weighted by molar-refractivity contribution is 9.10. The van der Waals surface area contributed by atoms with Gasteiger partial charge in [0.1, 0.15) is 11.9 Å². The fourth-order valence-corrected chi connectivity index (χ4v) is 3.14. The smallest absolute Gasteiger partial charge is 0.248 e. The lowest BCUT2D eigenvalue weighted by atomic mass is 10.1. The van der Waals surface area contributed by atoms with Crippen LogP contribution >= 0.6 is 15.9 Å². The lowest BCUT2D eigenvalue weighted by Gasteiger charge is -2.15. The maximum Gasteiger partial charge on any atom is 0.248 e. The van der Waals surface area contributed by atoms with Crippen molar-refractivity contribution in [1.82, 2.24) is 0 Å². The SMILES string of the molecule is NC(=O)c1ccc(O[C@@H]2CCc3c(Br)cccc32)cc1. The molecule has 0 fully saturated rings. The number of carbonyl (C=O) groups is 1. The van der Waals surface area contributed by atoms with Crippen molar-refractivity contribution in [3.8, 4) is 5.75 Å². The molecule has 0 saturated heterocycles. The summed E-state index contributed by atoms with van der Waals surface area (Å²) in [5.74, 6) is 0.333. The Morgan fingerprint density at radius 2 is 1.95 bits per heavy atom. The minimum Gasteiger partial charge on any atom is -0.486 e. The van der Waals surface area contributed by atoms with Crippen LogP contribution in [0.5, 0.6) is 5.75 Å². The Kier molecular flexibility index (Phi) is 3.49. The van der Waals surface area contributed by atoms with Crippen LogP contribution in [0.3, 0.4) is 0 Å². The quantitative estimate of drug-likeness (QED) is 0.933. The van der Waals surface area contributed by atoms with Crippen LogP contribution in [0.2, 0.25) is 0 Å². The molecule has 4 heteroatoms. The summed E-state index contributed by atoms with van der Waals surface area (Å²) >= 11 is 3.58. The second-order valence-electron chi connectivity index (χ2n) is 4.84. The van der Waals surface area contributed by atoms with Crippen LogP contribution < -0.4 is 10.5 Å². The van der Waals surface area contributed by atoms with E-state index in [9.17, 15) is 4.79 Å². The zero-order valence-electron chi connectivity index (χ0n) is 10.8. The molecule has 0 radical (unpaired) electrons. The molecule has 0 bridgehead atoms. The molecule has 2 aromatic rings. The maximum atomic E-state index is 11.0. The van der Waals surface area contributed by atoms with Gasteiger partial charge in [0.15, 0.2) is 0 Å². The zero-order valence-corrected chi connectivity index (χ0v) is 12.4. The molecule has 1 aliphatic rings. The number of hydrogen-bond acceptors (Lipinski definition) is 2. The number of nitrogens with two attached hydrogens (primary N) is 1. The van der Waals surface area contributed by atoms with E-state index in [0.717, 1.165) is 23.1 Å². The van der Waals surface area contributed by atoms with E-state index >= 15 is 0 Å². The van der Waals surface area contributed by atoms with E-state index in [1.54, 1.807) is 24.3 Å². The average molecular weight is 332 g/mol. The van der Waals surface area contributed by atoms with Crippen LogP contribution in [0.25, 0.3) is 0 Å². The molecule has 0 unspecified atom stereocenters. The fraction of sp³-hybridized carbons (Fsp3) is 0.188. The number of hydrogen-bond donors (Lipinski definition) is 1. The molecule has 0 saturated carbocycles. The Labute approximate surface area is 125 Å². The summed E-state index contributed by atoms with van der Waals surface area (Å²) in [7, 11) is 0. The number of amides is 1.